The first kappa shape index (κ1) is 16.3. The van der Waals surface area contributed by atoms with Crippen LogP contribution >= 0.6 is 11.6 Å². The van der Waals surface area contributed by atoms with Crippen molar-refractivity contribution < 1.29 is 21.9 Å². The van der Waals surface area contributed by atoms with E-state index < -0.39 is 0 Å². The molecule has 0 aliphatic carbocycles. The molecule has 2 rings (SSSR count). The molecule has 0 radical (unpaired) electrons. The van der Waals surface area contributed by atoms with Crippen molar-refractivity contribution in [2.24, 2.45) is 0 Å². The molecule has 3 nitrogen and oxygen atoms in total. The minimum absolute atomic E-state index is 0. The molecule has 1 fully saturated rings. The van der Waals surface area contributed by atoms with Crippen molar-refractivity contribution in [3.8, 4) is 0 Å². The molecule has 19 heavy (non-hydrogen) atoms. The quantitative estimate of drug-likeness (QED) is 0.733. The summed E-state index contributed by atoms with van der Waals surface area (Å²) in [6.45, 7) is 3.54. The molecule has 1 aromatic rings. The van der Waals surface area contributed by atoms with Crippen LogP contribution in [0, 0.1) is 0 Å². The summed E-state index contributed by atoms with van der Waals surface area (Å²) >= 11 is 5.76. The maximum Gasteiger partial charge on any atom is 0.338 e. The fourth-order valence-electron chi connectivity index (χ4n) is 2.12. The van der Waals surface area contributed by atoms with Gasteiger partial charge in [0.1, 0.15) is 6.61 Å². The van der Waals surface area contributed by atoms with Gasteiger partial charge in [0.25, 0.3) is 0 Å². The van der Waals surface area contributed by atoms with Crippen LogP contribution < -0.4 is 12.4 Å². The largest absolute Gasteiger partial charge is 1.00 e. The van der Waals surface area contributed by atoms with Gasteiger partial charge < -0.3 is 17.1 Å². The Kier molecular flexibility index (Phi) is 7.21. The van der Waals surface area contributed by atoms with Crippen molar-refractivity contribution in [2.75, 3.05) is 26.2 Å². The first-order chi connectivity index (χ1) is 8.75. The topological polar surface area (TPSA) is 29.5 Å². The number of likely N-dealkylation sites (tertiary alicyclic amines) is 1. The first-order valence-electron chi connectivity index (χ1n) is 6.41. The average Bonchev–Trinajstić information content (AvgIpc) is 2.40. The first-order valence-corrected chi connectivity index (χ1v) is 6.78. The second-order valence-corrected chi connectivity index (χ2v) is 4.98. The number of nitrogens with zero attached hydrogens (tertiary/aromatic N) is 1. The highest BCUT2D eigenvalue weighted by atomic mass is 35.5. The van der Waals surface area contributed by atoms with E-state index >= 15 is 0 Å². The number of halogens is 2. The summed E-state index contributed by atoms with van der Waals surface area (Å²) < 4.78 is 5.25. The second-order valence-electron chi connectivity index (χ2n) is 4.55. The lowest BCUT2D eigenvalue weighted by molar-refractivity contribution is -0.0000230. The molecule has 0 unspecified atom stereocenters. The maximum absolute atomic E-state index is 11.7. The van der Waals surface area contributed by atoms with Gasteiger partial charge in [-0.2, -0.15) is 0 Å². The third-order valence-electron chi connectivity index (χ3n) is 3.17. The summed E-state index contributed by atoms with van der Waals surface area (Å²) in [6.07, 6.45) is 3.83. The van der Waals surface area contributed by atoms with Crippen molar-refractivity contribution in [3.63, 3.8) is 0 Å². The van der Waals surface area contributed by atoms with Gasteiger partial charge in [-0.05, 0) is 50.2 Å². The Bertz CT molecular complexity index is 389. The molecular weight excluding hydrogens is 285 g/mol. The van der Waals surface area contributed by atoms with Gasteiger partial charge in [0, 0.05) is 11.6 Å². The molecule has 0 N–H and O–H groups in total. The van der Waals surface area contributed by atoms with Gasteiger partial charge in [-0.25, -0.2) is 4.79 Å². The third-order valence-corrected chi connectivity index (χ3v) is 3.42. The van der Waals surface area contributed by atoms with Crippen LogP contribution in [-0.2, 0) is 4.74 Å². The summed E-state index contributed by atoms with van der Waals surface area (Å²) in [6, 6.07) is 6.77. The van der Waals surface area contributed by atoms with E-state index in [1.54, 1.807) is 24.3 Å². The monoisotopic (exact) mass is 302 g/mol. The number of benzene rings is 1. The van der Waals surface area contributed by atoms with Crippen molar-refractivity contribution in [3.05, 3.63) is 34.9 Å². The molecular formula is C14H18Cl2NO2-. The van der Waals surface area contributed by atoms with Crippen molar-refractivity contribution >= 4 is 17.6 Å². The summed E-state index contributed by atoms with van der Waals surface area (Å²) in [4.78, 5) is 14.1. The van der Waals surface area contributed by atoms with Crippen LogP contribution in [0.1, 0.15) is 29.6 Å². The lowest BCUT2D eigenvalue weighted by Gasteiger charge is -2.25. The van der Waals surface area contributed by atoms with Crippen LogP contribution in [0.4, 0.5) is 0 Å². The zero-order valence-electron chi connectivity index (χ0n) is 10.8. The van der Waals surface area contributed by atoms with Gasteiger partial charge in [-0.15, -0.1) is 0 Å². The zero-order valence-corrected chi connectivity index (χ0v) is 12.3. The molecule has 0 amide bonds. The third kappa shape index (κ3) is 5.39. The summed E-state index contributed by atoms with van der Waals surface area (Å²) in [5.74, 6) is -0.274. The summed E-state index contributed by atoms with van der Waals surface area (Å²) in [7, 11) is 0. The zero-order chi connectivity index (χ0) is 12.8. The molecule has 1 aromatic carbocycles. The molecule has 0 bridgehead atoms. The number of rotatable bonds is 4. The molecule has 0 aromatic heterocycles. The highest BCUT2D eigenvalue weighted by Gasteiger charge is 2.11. The highest BCUT2D eigenvalue weighted by molar-refractivity contribution is 6.30. The molecule has 1 aliphatic rings. The Morgan fingerprint density at radius 3 is 2.42 bits per heavy atom. The number of carbonyl (C=O) groups is 1. The van der Waals surface area contributed by atoms with E-state index in [0.29, 0.717) is 17.2 Å². The van der Waals surface area contributed by atoms with Gasteiger partial charge in [0.2, 0.25) is 0 Å². The number of carbonyl (C=O) groups excluding carboxylic acids is 1. The lowest BCUT2D eigenvalue weighted by Crippen LogP contribution is -3.00. The Labute approximate surface area is 125 Å². The smallest absolute Gasteiger partial charge is 0.338 e. The van der Waals surface area contributed by atoms with E-state index in [1.165, 1.54) is 19.3 Å². The molecule has 0 saturated carbocycles. The van der Waals surface area contributed by atoms with Gasteiger partial charge in [-0.3, -0.25) is 4.90 Å². The molecule has 106 valence electrons. The SMILES string of the molecule is O=C(OCCN1CCCCC1)c1ccc(Cl)cc1.[Cl-]. The number of hydrogen-bond donors (Lipinski definition) is 0. The number of hydrogen-bond acceptors (Lipinski definition) is 3. The molecule has 0 spiro atoms. The molecule has 0 atom stereocenters. The van der Waals surface area contributed by atoms with E-state index in [0.717, 1.165) is 19.6 Å². The Morgan fingerprint density at radius 2 is 1.79 bits per heavy atom. The predicted molar refractivity (Wildman–Crippen MR) is 72.0 cm³/mol. The van der Waals surface area contributed by atoms with Gasteiger partial charge >= 0.3 is 5.97 Å². The normalized spacial score (nSPS) is 15.6. The Hall–Kier alpha value is -0.770. The number of esters is 1. The summed E-state index contributed by atoms with van der Waals surface area (Å²) in [5.41, 5.74) is 0.554. The summed E-state index contributed by atoms with van der Waals surface area (Å²) in [5, 5.41) is 0.625. The number of ether oxygens (including phenoxy) is 1. The van der Waals surface area contributed by atoms with Crippen LogP contribution in [0.2, 0.25) is 5.02 Å². The van der Waals surface area contributed by atoms with E-state index in [1.807, 2.05) is 0 Å². The Balaban J connectivity index is 0.00000180. The van der Waals surface area contributed by atoms with Gasteiger partial charge in [0.15, 0.2) is 0 Å². The lowest BCUT2D eigenvalue weighted by atomic mass is 10.1. The van der Waals surface area contributed by atoms with Crippen molar-refractivity contribution in [1.82, 2.24) is 4.90 Å². The van der Waals surface area contributed by atoms with E-state index in [4.69, 9.17) is 16.3 Å². The molecule has 1 heterocycles. The minimum Gasteiger partial charge on any atom is -1.00 e. The standard InChI is InChI=1S/C14H18ClNO2.ClH/c15-13-6-4-12(5-7-13)14(17)18-11-10-16-8-2-1-3-9-16;/h4-7H,1-3,8-11H2;1H/p-1. The minimum atomic E-state index is -0.274. The van der Waals surface area contributed by atoms with Crippen LogP contribution in [0.15, 0.2) is 24.3 Å². The fraction of sp³-hybridized carbons (Fsp3) is 0.500. The fourth-order valence-corrected chi connectivity index (χ4v) is 2.25. The van der Waals surface area contributed by atoms with Crippen molar-refractivity contribution in [1.29, 1.82) is 0 Å². The van der Waals surface area contributed by atoms with Crippen LogP contribution in [0.5, 0.6) is 0 Å². The number of piperidine rings is 1. The second kappa shape index (κ2) is 8.41. The van der Waals surface area contributed by atoms with Gasteiger partial charge in [-0.1, -0.05) is 18.0 Å². The van der Waals surface area contributed by atoms with Crippen LogP contribution in [0.25, 0.3) is 0 Å². The van der Waals surface area contributed by atoms with Crippen LogP contribution in [-0.4, -0.2) is 37.1 Å². The van der Waals surface area contributed by atoms with E-state index in [-0.39, 0.29) is 18.4 Å². The molecule has 5 heteroatoms. The predicted octanol–water partition coefficient (Wildman–Crippen LogP) is -0.0133. The van der Waals surface area contributed by atoms with E-state index in [9.17, 15) is 4.79 Å². The van der Waals surface area contributed by atoms with Crippen molar-refractivity contribution in [2.45, 2.75) is 19.3 Å². The molecule has 1 aliphatic heterocycles. The molecule has 1 saturated heterocycles. The Morgan fingerprint density at radius 1 is 1.16 bits per heavy atom. The average molecular weight is 303 g/mol. The van der Waals surface area contributed by atoms with Gasteiger partial charge in [0.05, 0.1) is 5.56 Å². The maximum atomic E-state index is 11.7. The van der Waals surface area contributed by atoms with E-state index in [2.05, 4.69) is 4.90 Å². The highest BCUT2D eigenvalue weighted by Crippen LogP contribution is 2.11. The van der Waals surface area contributed by atoms with Crippen LogP contribution in [0.3, 0.4) is 0 Å².